The maximum Gasteiger partial charge on any atom is 0.235 e. The van der Waals surface area contributed by atoms with Crippen LogP contribution < -0.4 is 0 Å². The number of hydrogen-bond acceptors (Lipinski definition) is 3. The molecule has 0 radical (unpaired) electrons. The van der Waals surface area contributed by atoms with Gasteiger partial charge in [-0.3, -0.25) is 4.79 Å². The van der Waals surface area contributed by atoms with E-state index in [1.54, 1.807) is 11.8 Å². The molecule has 0 aromatic heterocycles. The Labute approximate surface area is 112 Å². The van der Waals surface area contributed by atoms with Gasteiger partial charge in [-0.25, -0.2) is 0 Å². The van der Waals surface area contributed by atoms with Gasteiger partial charge in [0.1, 0.15) is 0 Å². The summed E-state index contributed by atoms with van der Waals surface area (Å²) in [5.74, 6) is 0.447. The van der Waals surface area contributed by atoms with Crippen molar-refractivity contribution < 1.29 is 9.90 Å². The topological polar surface area (TPSA) is 40.5 Å². The predicted octanol–water partition coefficient (Wildman–Crippen LogP) is 2.01. The number of aliphatic hydroxyl groups is 1. The third-order valence-corrected chi connectivity index (χ3v) is 4.36. The molecule has 0 bridgehead atoms. The third kappa shape index (κ3) is 3.27. The van der Waals surface area contributed by atoms with Crippen molar-refractivity contribution >= 4 is 17.7 Å². The molecule has 1 aliphatic heterocycles. The highest BCUT2D eigenvalue weighted by Gasteiger charge is 2.28. The van der Waals surface area contributed by atoms with Crippen molar-refractivity contribution in [2.24, 2.45) is 5.92 Å². The lowest BCUT2D eigenvalue weighted by Crippen LogP contribution is -2.35. The molecule has 2 atom stereocenters. The molecule has 1 heterocycles. The van der Waals surface area contributed by atoms with Crippen molar-refractivity contribution in [1.82, 2.24) is 4.90 Å². The number of amides is 1. The highest BCUT2D eigenvalue weighted by Crippen LogP contribution is 2.26. The van der Waals surface area contributed by atoms with Gasteiger partial charge >= 0.3 is 0 Å². The van der Waals surface area contributed by atoms with Crippen LogP contribution in [0.4, 0.5) is 0 Å². The number of likely N-dealkylation sites (tertiary alicyclic amines) is 1. The van der Waals surface area contributed by atoms with E-state index in [-0.39, 0.29) is 23.7 Å². The molecule has 3 nitrogen and oxygen atoms in total. The third-order valence-electron chi connectivity index (χ3n) is 3.26. The van der Waals surface area contributed by atoms with Gasteiger partial charge in [-0.15, -0.1) is 11.8 Å². The van der Waals surface area contributed by atoms with Gasteiger partial charge in [0, 0.05) is 30.5 Å². The van der Waals surface area contributed by atoms with Crippen molar-refractivity contribution in [2.75, 3.05) is 19.7 Å². The lowest BCUT2D eigenvalue weighted by molar-refractivity contribution is -0.129. The Kier molecular flexibility index (Phi) is 4.66. The summed E-state index contributed by atoms with van der Waals surface area (Å²) in [7, 11) is 0. The Hall–Kier alpha value is -1.00. The number of aliphatic hydroxyl groups excluding tert-OH is 1. The summed E-state index contributed by atoms with van der Waals surface area (Å²) in [6.07, 6.45) is 0.922. The van der Waals surface area contributed by atoms with E-state index in [0.29, 0.717) is 6.54 Å². The minimum absolute atomic E-state index is 0.0650. The van der Waals surface area contributed by atoms with E-state index in [4.69, 9.17) is 5.11 Å². The zero-order valence-corrected chi connectivity index (χ0v) is 11.4. The smallest absolute Gasteiger partial charge is 0.235 e. The Balaban J connectivity index is 1.89. The van der Waals surface area contributed by atoms with E-state index in [2.05, 4.69) is 0 Å². The molecule has 1 amide bonds. The second-order valence-electron chi connectivity index (χ2n) is 4.69. The Morgan fingerprint density at radius 1 is 1.50 bits per heavy atom. The van der Waals surface area contributed by atoms with Crippen LogP contribution >= 0.6 is 11.8 Å². The van der Waals surface area contributed by atoms with E-state index in [1.165, 1.54) is 0 Å². The molecule has 0 saturated carbocycles. The van der Waals surface area contributed by atoms with Crippen molar-refractivity contribution in [3.8, 4) is 0 Å². The van der Waals surface area contributed by atoms with Crippen LogP contribution in [0.2, 0.25) is 0 Å². The predicted molar refractivity (Wildman–Crippen MR) is 73.5 cm³/mol. The average molecular weight is 265 g/mol. The molecule has 1 aliphatic rings. The molecule has 0 spiro atoms. The summed E-state index contributed by atoms with van der Waals surface area (Å²) in [4.78, 5) is 15.2. The molecule has 18 heavy (non-hydrogen) atoms. The summed E-state index contributed by atoms with van der Waals surface area (Å²) in [5.41, 5.74) is 0. The summed E-state index contributed by atoms with van der Waals surface area (Å²) in [6, 6.07) is 9.99. The van der Waals surface area contributed by atoms with E-state index >= 15 is 0 Å². The largest absolute Gasteiger partial charge is 0.396 e. The molecule has 98 valence electrons. The lowest BCUT2D eigenvalue weighted by atomic mass is 10.1. The lowest BCUT2D eigenvalue weighted by Gasteiger charge is -2.20. The summed E-state index contributed by atoms with van der Waals surface area (Å²) < 4.78 is 0. The Morgan fingerprint density at radius 2 is 2.22 bits per heavy atom. The number of carbonyl (C=O) groups excluding carboxylic acids is 1. The van der Waals surface area contributed by atoms with Crippen LogP contribution in [-0.4, -0.2) is 40.9 Å². The first-order valence-corrected chi connectivity index (χ1v) is 7.20. The summed E-state index contributed by atoms with van der Waals surface area (Å²) in [5, 5.41) is 9.03. The molecule has 1 fully saturated rings. The minimum Gasteiger partial charge on any atom is -0.396 e. The number of carbonyl (C=O) groups is 1. The van der Waals surface area contributed by atoms with E-state index in [0.717, 1.165) is 17.9 Å². The van der Waals surface area contributed by atoms with Gasteiger partial charge in [-0.05, 0) is 25.5 Å². The molecular weight excluding hydrogens is 246 g/mol. The minimum atomic E-state index is -0.0650. The van der Waals surface area contributed by atoms with Gasteiger partial charge in [0.05, 0.1) is 5.25 Å². The molecule has 2 unspecified atom stereocenters. The molecule has 1 N–H and O–H groups in total. The van der Waals surface area contributed by atoms with E-state index < -0.39 is 0 Å². The second-order valence-corrected chi connectivity index (χ2v) is 6.11. The zero-order chi connectivity index (χ0) is 13.0. The zero-order valence-electron chi connectivity index (χ0n) is 10.6. The van der Waals surface area contributed by atoms with Crippen LogP contribution in [0.5, 0.6) is 0 Å². The maximum atomic E-state index is 12.2. The number of hydrogen-bond donors (Lipinski definition) is 1. The Bertz CT molecular complexity index is 396. The highest BCUT2D eigenvalue weighted by molar-refractivity contribution is 8.00. The Morgan fingerprint density at radius 3 is 2.83 bits per heavy atom. The van der Waals surface area contributed by atoms with Crippen molar-refractivity contribution in [2.45, 2.75) is 23.5 Å². The van der Waals surface area contributed by atoms with Crippen LogP contribution in [-0.2, 0) is 4.79 Å². The average Bonchev–Trinajstić information content (AvgIpc) is 2.87. The molecule has 4 heteroatoms. The normalized spacial score (nSPS) is 21.0. The van der Waals surface area contributed by atoms with Gasteiger partial charge in [-0.1, -0.05) is 18.2 Å². The van der Waals surface area contributed by atoms with Crippen LogP contribution in [0, 0.1) is 5.92 Å². The molecule has 2 rings (SSSR count). The highest BCUT2D eigenvalue weighted by atomic mass is 32.2. The van der Waals surface area contributed by atoms with E-state index in [1.807, 2.05) is 42.2 Å². The fourth-order valence-corrected chi connectivity index (χ4v) is 3.16. The first-order chi connectivity index (χ1) is 8.70. The van der Waals surface area contributed by atoms with Gasteiger partial charge < -0.3 is 10.0 Å². The standard InChI is InChI=1S/C14H19NO2S/c1-11(18-13-5-3-2-4-6-13)14(17)15-8-7-12(9-15)10-16/h2-6,11-12,16H,7-10H2,1H3. The number of thioether (sulfide) groups is 1. The molecule has 0 aliphatic carbocycles. The van der Waals surface area contributed by atoms with Gasteiger partial charge in [0.15, 0.2) is 0 Å². The van der Waals surface area contributed by atoms with Crippen molar-refractivity contribution in [3.63, 3.8) is 0 Å². The number of benzene rings is 1. The number of nitrogens with zero attached hydrogens (tertiary/aromatic N) is 1. The molecule has 1 aromatic carbocycles. The quantitative estimate of drug-likeness (QED) is 0.847. The van der Waals surface area contributed by atoms with Gasteiger partial charge in [0.2, 0.25) is 5.91 Å². The van der Waals surface area contributed by atoms with Crippen LogP contribution in [0.25, 0.3) is 0 Å². The first-order valence-electron chi connectivity index (χ1n) is 6.32. The fourth-order valence-electron chi connectivity index (χ4n) is 2.19. The SMILES string of the molecule is CC(Sc1ccccc1)C(=O)N1CCC(CO)C1. The molecular formula is C14H19NO2S. The van der Waals surface area contributed by atoms with Crippen LogP contribution in [0.1, 0.15) is 13.3 Å². The van der Waals surface area contributed by atoms with Crippen molar-refractivity contribution in [3.05, 3.63) is 30.3 Å². The van der Waals surface area contributed by atoms with Crippen LogP contribution in [0.3, 0.4) is 0 Å². The van der Waals surface area contributed by atoms with Crippen LogP contribution in [0.15, 0.2) is 35.2 Å². The first kappa shape index (κ1) is 13.4. The van der Waals surface area contributed by atoms with Crippen molar-refractivity contribution in [1.29, 1.82) is 0 Å². The van der Waals surface area contributed by atoms with E-state index in [9.17, 15) is 4.79 Å². The summed E-state index contributed by atoms with van der Waals surface area (Å²) in [6.45, 7) is 3.62. The monoisotopic (exact) mass is 265 g/mol. The summed E-state index contributed by atoms with van der Waals surface area (Å²) >= 11 is 1.59. The molecule has 1 saturated heterocycles. The van der Waals surface area contributed by atoms with Gasteiger partial charge in [-0.2, -0.15) is 0 Å². The van der Waals surface area contributed by atoms with Gasteiger partial charge in [0.25, 0.3) is 0 Å². The number of rotatable bonds is 4. The fraction of sp³-hybridized carbons (Fsp3) is 0.500. The molecule has 1 aromatic rings. The second kappa shape index (κ2) is 6.25. The maximum absolute atomic E-state index is 12.2.